The van der Waals surface area contributed by atoms with Crippen LogP contribution in [0.4, 0.5) is 0 Å². The van der Waals surface area contributed by atoms with E-state index in [2.05, 4.69) is 30.1 Å². The fourth-order valence-corrected chi connectivity index (χ4v) is 1.43. The average Bonchev–Trinajstić information content (AvgIpc) is 2.04. The molecule has 2 rings (SSSR count). The third-order valence-electron chi connectivity index (χ3n) is 2.06. The van der Waals surface area contributed by atoms with E-state index in [1.165, 1.54) is 16.7 Å². The van der Waals surface area contributed by atoms with E-state index in [9.17, 15) is 0 Å². The Balaban J connectivity index is 2.48. The Labute approximate surface area is 66.8 Å². The van der Waals surface area contributed by atoms with Crippen LogP contribution in [0.15, 0.2) is 23.2 Å². The molecule has 1 aromatic carbocycles. The lowest BCUT2D eigenvalue weighted by Gasteiger charge is -2.10. The lowest BCUT2D eigenvalue weighted by atomic mass is 10.0. The summed E-state index contributed by atoms with van der Waals surface area (Å²) in [6.45, 7) is 3.00. The molecule has 0 N–H and O–H groups in total. The van der Waals surface area contributed by atoms with E-state index in [4.69, 9.17) is 0 Å². The highest BCUT2D eigenvalue weighted by Gasteiger charge is 2.03. The van der Waals surface area contributed by atoms with Gasteiger partial charge in [-0.2, -0.15) is 0 Å². The molecule has 0 bridgehead atoms. The normalized spacial score (nSPS) is 14.6. The van der Waals surface area contributed by atoms with Gasteiger partial charge in [-0.1, -0.05) is 23.8 Å². The smallest absolute Gasteiger partial charge is 0.0638 e. The van der Waals surface area contributed by atoms with E-state index >= 15 is 0 Å². The Morgan fingerprint density at radius 3 is 3.09 bits per heavy atom. The first kappa shape index (κ1) is 6.59. The van der Waals surface area contributed by atoms with Crippen LogP contribution in [0.25, 0.3) is 0 Å². The first-order valence-corrected chi connectivity index (χ1v) is 3.93. The van der Waals surface area contributed by atoms with E-state index in [-0.39, 0.29) is 0 Å². The van der Waals surface area contributed by atoms with E-state index < -0.39 is 0 Å². The largest absolute Gasteiger partial charge is 0.292 e. The molecule has 11 heavy (non-hydrogen) atoms. The Morgan fingerprint density at radius 2 is 2.18 bits per heavy atom. The molecule has 0 unspecified atom stereocenters. The molecular weight excluding hydrogens is 134 g/mol. The van der Waals surface area contributed by atoms with Gasteiger partial charge in [-0.3, -0.25) is 4.99 Å². The summed E-state index contributed by atoms with van der Waals surface area (Å²) in [4.78, 5) is 4.23. The summed E-state index contributed by atoms with van der Waals surface area (Å²) in [5.41, 5.74) is 4.17. The zero-order chi connectivity index (χ0) is 7.68. The maximum atomic E-state index is 4.23. The second-order valence-electron chi connectivity index (χ2n) is 3.00. The molecule has 0 aromatic heterocycles. The van der Waals surface area contributed by atoms with Crippen LogP contribution in [0.1, 0.15) is 16.7 Å². The summed E-state index contributed by atoms with van der Waals surface area (Å²) in [5.74, 6) is 0. The molecular formula is C10H11N. The highest BCUT2D eigenvalue weighted by molar-refractivity contribution is 5.64. The van der Waals surface area contributed by atoms with Gasteiger partial charge in [0.2, 0.25) is 0 Å². The van der Waals surface area contributed by atoms with Gasteiger partial charge in [0.1, 0.15) is 0 Å². The second-order valence-corrected chi connectivity index (χ2v) is 3.00. The molecule has 1 aliphatic heterocycles. The summed E-state index contributed by atoms with van der Waals surface area (Å²) in [7, 11) is 0. The highest BCUT2D eigenvalue weighted by Crippen LogP contribution is 2.15. The second kappa shape index (κ2) is 2.50. The fourth-order valence-electron chi connectivity index (χ4n) is 1.43. The highest BCUT2D eigenvalue weighted by atomic mass is 14.7. The van der Waals surface area contributed by atoms with Crippen molar-refractivity contribution in [2.75, 3.05) is 0 Å². The van der Waals surface area contributed by atoms with Crippen molar-refractivity contribution in [2.45, 2.75) is 19.9 Å². The summed E-state index contributed by atoms with van der Waals surface area (Å²) >= 11 is 0. The number of nitrogens with zero attached hydrogens (tertiary/aromatic N) is 1. The predicted octanol–water partition coefficient (Wildman–Crippen LogP) is 2.12. The Kier molecular flexibility index (Phi) is 1.50. The number of aryl methyl sites for hydroxylation is 1. The molecule has 0 atom stereocenters. The lowest BCUT2D eigenvalue weighted by molar-refractivity contribution is 1.000. The number of aliphatic imine (C=N–C) groups is 1. The maximum absolute atomic E-state index is 4.23. The van der Waals surface area contributed by atoms with Gasteiger partial charge in [0.15, 0.2) is 0 Å². The van der Waals surface area contributed by atoms with Crippen LogP contribution in [0.3, 0.4) is 0 Å². The molecule has 0 saturated carbocycles. The zero-order valence-corrected chi connectivity index (χ0v) is 6.67. The monoisotopic (exact) mass is 145 g/mol. The third kappa shape index (κ3) is 1.18. The van der Waals surface area contributed by atoms with Crippen molar-refractivity contribution >= 4 is 6.21 Å². The average molecular weight is 145 g/mol. The molecule has 1 nitrogen and oxygen atoms in total. The number of benzene rings is 1. The van der Waals surface area contributed by atoms with Crippen LogP contribution in [0.2, 0.25) is 0 Å². The molecule has 0 radical (unpaired) electrons. The van der Waals surface area contributed by atoms with E-state index in [0.717, 1.165) is 13.0 Å². The first-order valence-electron chi connectivity index (χ1n) is 3.93. The molecule has 1 aliphatic rings. The standard InChI is InChI=1S/C10H11N/c1-8-2-3-9-4-5-11-7-10(9)6-8/h2-3,5-6H,4,7H2,1H3. The fraction of sp³-hybridized carbons (Fsp3) is 0.300. The molecule has 0 aliphatic carbocycles. The van der Waals surface area contributed by atoms with Crippen molar-refractivity contribution in [1.82, 2.24) is 0 Å². The number of rotatable bonds is 0. The van der Waals surface area contributed by atoms with Crippen LogP contribution in [0, 0.1) is 6.92 Å². The van der Waals surface area contributed by atoms with E-state index in [1.54, 1.807) is 0 Å². The van der Waals surface area contributed by atoms with Crippen LogP contribution < -0.4 is 0 Å². The van der Waals surface area contributed by atoms with Gasteiger partial charge in [0, 0.05) is 12.6 Å². The van der Waals surface area contributed by atoms with Crippen molar-refractivity contribution < 1.29 is 0 Å². The van der Waals surface area contributed by atoms with Crippen molar-refractivity contribution in [3.05, 3.63) is 34.9 Å². The SMILES string of the molecule is Cc1ccc2c(c1)CN=CC2. The number of fused-ring (bicyclic) bond motifs is 1. The zero-order valence-electron chi connectivity index (χ0n) is 6.67. The van der Waals surface area contributed by atoms with Crippen molar-refractivity contribution in [2.24, 2.45) is 4.99 Å². The van der Waals surface area contributed by atoms with Crippen molar-refractivity contribution in [3.63, 3.8) is 0 Å². The van der Waals surface area contributed by atoms with Crippen LogP contribution in [0.5, 0.6) is 0 Å². The quantitative estimate of drug-likeness (QED) is 0.530. The minimum absolute atomic E-state index is 0.872. The van der Waals surface area contributed by atoms with Gasteiger partial charge >= 0.3 is 0 Å². The van der Waals surface area contributed by atoms with Gasteiger partial charge < -0.3 is 0 Å². The van der Waals surface area contributed by atoms with Gasteiger partial charge in [0.05, 0.1) is 6.54 Å². The lowest BCUT2D eigenvalue weighted by Crippen LogP contribution is -2.00. The summed E-state index contributed by atoms with van der Waals surface area (Å²) in [5, 5.41) is 0. The first-order chi connectivity index (χ1) is 5.36. The Morgan fingerprint density at radius 1 is 1.27 bits per heavy atom. The summed E-state index contributed by atoms with van der Waals surface area (Å²) in [6, 6.07) is 6.60. The Bertz CT molecular complexity index is 300. The maximum Gasteiger partial charge on any atom is 0.0638 e. The number of hydrogen-bond acceptors (Lipinski definition) is 1. The molecule has 1 heterocycles. The summed E-state index contributed by atoms with van der Waals surface area (Å²) in [6.07, 6.45) is 3.01. The van der Waals surface area contributed by atoms with Crippen LogP contribution in [-0.2, 0) is 13.0 Å². The third-order valence-corrected chi connectivity index (χ3v) is 2.06. The molecule has 0 amide bonds. The molecule has 0 spiro atoms. The molecule has 1 heteroatoms. The van der Waals surface area contributed by atoms with Gasteiger partial charge in [0.25, 0.3) is 0 Å². The van der Waals surface area contributed by atoms with Crippen LogP contribution >= 0.6 is 0 Å². The summed E-state index contributed by atoms with van der Waals surface area (Å²) < 4.78 is 0. The van der Waals surface area contributed by atoms with Crippen molar-refractivity contribution in [3.8, 4) is 0 Å². The minimum atomic E-state index is 0.872. The van der Waals surface area contributed by atoms with E-state index in [0.29, 0.717) is 0 Å². The van der Waals surface area contributed by atoms with Crippen LogP contribution in [-0.4, -0.2) is 6.21 Å². The van der Waals surface area contributed by atoms with Gasteiger partial charge in [-0.25, -0.2) is 0 Å². The molecule has 1 aromatic rings. The Hall–Kier alpha value is -1.11. The van der Waals surface area contributed by atoms with Gasteiger partial charge in [-0.15, -0.1) is 0 Å². The topological polar surface area (TPSA) is 12.4 Å². The number of hydrogen-bond donors (Lipinski definition) is 0. The van der Waals surface area contributed by atoms with E-state index in [1.807, 2.05) is 6.21 Å². The predicted molar refractivity (Wildman–Crippen MR) is 47.1 cm³/mol. The minimum Gasteiger partial charge on any atom is -0.292 e. The molecule has 0 fully saturated rings. The van der Waals surface area contributed by atoms with Gasteiger partial charge in [-0.05, 0) is 18.1 Å². The molecule has 0 saturated heterocycles. The van der Waals surface area contributed by atoms with Crippen molar-refractivity contribution in [1.29, 1.82) is 0 Å². The molecule has 56 valence electrons.